The highest BCUT2D eigenvalue weighted by atomic mass is 19.3. The molecule has 0 saturated carbocycles. The van der Waals surface area contributed by atoms with Gasteiger partial charge >= 0.3 is 0 Å². The average molecular weight is 252 g/mol. The number of alkyl halides is 2. The van der Waals surface area contributed by atoms with Crippen molar-refractivity contribution in [2.24, 2.45) is 0 Å². The first-order valence-electron chi connectivity index (χ1n) is 5.59. The summed E-state index contributed by atoms with van der Waals surface area (Å²) >= 11 is 0. The third-order valence-electron chi connectivity index (χ3n) is 2.76. The smallest absolute Gasteiger partial charge is 0.239 e. The molecule has 1 unspecified atom stereocenters. The molecule has 4 heteroatoms. The minimum Gasteiger partial charge on any atom is -0.239 e. The number of hydrogen-bond acceptors (Lipinski definition) is 2. The summed E-state index contributed by atoms with van der Waals surface area (Å²) in [6.07, 6.45) is -1.42. The van der Waals surface area contributed by atoms with Crippen molar-refractivity contribution < 1.29 is 18.6 Å². The molecule has 0 aliphatic rings. The maximum atomic E-state index is 13.6. The summed E-state index contributed by atoms with van der Waals surface area (Å²) in [6.45, 7) is 0.818. The van der Waals surface area contributed by atoms with Crippen molar-refractivity contribution in [2.45, 2.75) is 19.0 Å². The van der Waals surface area contributed by atoms with E-state index >= 15 is 0 Å². The fourth-order valence-electron chi connectivity index (χ4n) is 1.98. The summed E-state index contributed by atoms with van der Waals surface area (Å²) in [6, 6.07) is 12.6. The summed E-state index contributed by atoms with van der Waals surface area (Å²) in [5.41, 5.74) is 0.419. The van der Waals surface area contributed by atoms with Gasteiger partial charge in [-0.2, -0.15) is 0 Å². The standard InChI is InChI=1S/C14H14F2O2/c1-14(15,16)13(18-17-2)12-9-5-7-10-6-3-4-8-11(10)12/h3-9,13H,1-2H3. The van der Waals surface area contributed by atoms with Crippen LogP contribution in [-0.2, 0) is 9.78 Å². The molecule has 2 nitrogen and oxygen atoms in total. The van der Waals surface area contributed by atoms with Crippen LogP contribution in [0.1, 0.15) is 18.6 Å². The second-order valence-electron chi connectivity index (χ2n) is 4.17. The highest BCUT2D eigenvalue weighted by molar-refractivity contribution is 5.86. The van der Waals surface area contributed by atoms with Crippen LogP contribution in [0.3, 0.4) is 0 Å². The first kappa shape index (κ1) is 12.9. The van der Waals surface area contributed by atoms with Crippen LogP contribution in [0.2, 0.25) is 0 Å². The van der Waals surface area contributed by atoms with Gasteiger partial charge in [-0.15, -0.1) is 0 Å². The Morgan fingerprint density at radius 2 is 1.72 bits per heavy atom. The lowest BCUT2D eigenvalue weighted by Crippen LogP contribution is -2.25. The monoisotopic (exact) mass is 252 g/mol. The predicted molar refractivity (Wildman–Crippen MR) is 65.4 cm³/mol. The van der Waals surface area contributed by atoms with Gasteiger partial charge in [-0.05, 0) is 16.3 Å². The molecule has 0 aliphatic heterocycles. The molecule has 2 aromatic rings. The van der Waals surface area contributed by atoms with Crippen molar-refractivity contribution >= 4 is 10.8 Å². The SMILES string of the molecule is COOC(c1cccc2ccccc12)C(C)(F)F. The molecule has 0 spiro atoms. The van der Waals surface area contributed by atoms with E-state index in [1.807, 2.05) is 24.3 Å². The minimum atomic E-state index is -3.03. The van der Waals surface area contributed by atoms with E-state index in [0.717, 1.165) is 17.7 Å². The van der Waals surface area contributed by atoms with E-state index in [2.05, 4.69) is 4.89 Å². The molecule has 1 atom stereocenters. The largest absolute Gasteiger partial charge is 0.278 e. The quantitative estimate of drug-likeness (QED) is 0.602. The summed E-state index contributed by atoms with van der Waals surface area (Å²) < 4.78 is 27.2. The lowest BCUT2D eigenvalue weighted by molar-refractivity contribution is -0.344. The number of benzene rings is 2. The van der Waals surface area contributed by atoms with Crippen molar-refractivity contribution in [3.05, 3.63) is 48.0 Å². The van der Waals surface area contributed by atoms with Crippen LogP contribution >= 0.6 is 0 Å². The van der Waals surface area contributed by atoms with Gasteiger partial charge in [0.1, 0.15) is 0 Å². The molecule has 0 N–H and O–H groups in total. The second-order valence-corrected chi connectivity index (χ2v) is 4.17. The van der Waals surface area contributed by atoms with E-state index in [0.29, 0.717) is 5.56 Å². The molecule has 0 heterocycles. The van der Waals surface area contributed by atoms with Gasteiger partial charge in [0, 0.05) is 6.92 Å². The van der Waals surface area contributed by atoms with Gasteiger partial charge in [0.25, 0.3) is 5.92 Å². The highest BCUT2D eigenvalue weighted by Gasteiger charge is 2.38. The summed E-state index contributed by atoms with van der Waals surface area (Å²) in [4.78, 5) is 9.20. The van der Waals surface area contributed by atoms with E-state index in [9.17, 15) is 8.78 Å². The topological polar surface area (TPSA) is 18.5 Å². The molecule has 0 aliphatic carbocycles. The molecule has 18 heavy (non-hydrogen) atoms. The van der Waals surface area contributed by atoms with E-state index in [1.54, 1.807) is 18.2 Å². The van der Waals surface area contributed by atoms with Crippen molar-refractivity contribution in [1.29, 1.82) is 0 Å². The highest BCUT2D eigenvalue weighted by Crippen LogP contribution is 2.37. The first-order valence-corrected chi connectivity index (χ1v) is 5.59. The van der Waals surface area contributed by atoms with Crippen molar-refractivity contribution in [2.75, 3.05) is 7.11 Å². The molecular weight excluding hydrogens is 238 g/mol. The molecule has 0 aromatic heterocycles. The van der Waals surface area contributed by atoms with E-state index in [1.165, 1.54) is 7.11 Å². The van der Waals surface area contributed by atoms with Gasteiger partial charge in [-0.1, -0.05) is 42.5 Å². The average Bonchev–Trinajstić information content (AvgIpc) is 2.34. The van der Waals surface area contributed by atoms with Gasteiger partial charge in [0.15, 0.2) is 6.10 Å². The Bertz CT molecular complexity index is 529. The fourth-order valence-corrected chi connectivity index (χ4v) is 1.98. The van der Waals surface area contributed by atoms with Crippen molar-refractivity contribution in [3.8, 4) is 0 Å². The third-order valence-corrected chi connectivity index (χ3v) is 2.76. The van der Waals surface area contributed by atoms with Crippen molar-refractivity contribution in [1.82, 2.24) is 0 Å². The zero-order valence-corrected chi connectivity index (χ0v) is 10.2. The number of halogens is 2. The van der Waals surface area contributed by atoms with Crippen LogP contribution in [-0.4, -0.2) is 13.0 Å². The Morgan fingerprint density at radius 3 is 2.39 bits per heavy atom. The van der Waals surface area contributed by atoms with Crippen molar-refractivity contribution in [3.63, 3.8) is 0 Å². The predicted octanol–water partition coefficient (Wildman–Crippen LogP) is 4.11. The third kappa shape index (κ3) is 2.49. The van der Waals surface area contributed by atoms with E-state index in [-0.39, 0.29) is 0 Å². The Hall–Kier alpha value is -1.52. The molecule has 0 fully saturated rings. The summed E-state index contributed by atoms with van der Waals surface area (Å²) in [5, 5.41) is 1.63. The van der Waals surface area contributed by atoms with Gasteiger partial charge in [0.05, 0.1) is 7.11 Å². The van der Waals surface area contributed by atoms with Crippen LogP contribution < -0.4 is 0 Å². The molecule has 0 amide bonds. The van der Waals surface area contributed by atoms with E-state index < -0.39 is 12.0 Å². The Morgan fingerprint density at radius 1 is 1.06 bits per heavy atom. The maximum absolute atomic E-state index is 13.6. The van der Waals surface area contributed by atoms with E-state index in [4.69, 9.17) is 4.89 Å². The van der Waals surface area contributed by atoms with Crippen LogP contribution in [0, 0.1) is 0 Å². The molecule has 96 valence electrons. The molecule has 0 bridgehead atoms. The lowest BCUT2D eigenvalue weighted by atomic mass is 9.97. The number of fused-ring (bicyclic) bond motifs is 1. The van der Waals surface area contributed by atoms with Crippen LogP contribution in [0.4, 0.5) is 8.78 Å². The van der Waals surface area contributed by atoms with Gasteiger partial charge in [0.2, 0.25) is 0 Å². The molecule has 0 radical (unpaired) electrons. The zero-order valence-electron chi connectivity index (χ0n) is 10.2. The number of rotatable bonds is 4. The van der Waals surface area contributed by atoms with Gasteiger partial charge in [-0.25, -0.2) is 18.6 Å². The Kier molecular flexibility index (Phi) is 3.59. The van der Waals surface area contributed by atoms with Crippen LogP contribution in [0.5, 0.6) is 0 Å². The molecule has 2 rings (SSSR count). The summed E-state index contributed by atoms with van der Waals surface area (Å²) in [5.74, 6) is -3.03. The Labute approximate surface area is 104 Å². The van der Waals surface area contributed by atoms with Crippen LogP contribution in [0.15, 0.2) is 42.5 Å². The molecule has 0 saturated heterocycles. The summed E-state index contributed by atoms with van der Waals surface area (Å²) in [7, 11) is 1.23. The van der Waals surface area contributed by atoms with Gasteiger partial charge < -0.3 is 0 Å². The molecular formula is C14H14F2O2. The van der Waals surface area contributed by atoms with Crippen LogP contribution in [0.25, 0.3) is 10.8 Å². The first-order chi connectivity index (χ1) is 8.54. The Balaban J connectivity index is 2.57. The normalized spacial score (nSPS) is 13.8. The minimum absolute atomic E-state index is 0.419. The zero-order chi connectivity index (χ0) is 13.2. The number of hydrogen-bond donors (Lipinski definition) is 0. The second kappa shape index (κ2) is 5.00. The fraction of sp³-hybridized carbons (Fsp3) is 0.286. The molecule has 2 aromatic carbocycles. The lowest BCUT2D eigenvalue weighted by Gasteiger charge is -2.23. The maximum Gasteiger partial charge on any atom is 0.278 e. The van der Waals surface area contributed by atoms with Gasteiger partial charge in [-0.3, -0.25) is 0 Å².